The van der Waals surface area contributed by atoms with Crippen LogP contribution in [0.2, 0.25) is 0 Å². The molecule has 0 N–H and O–H groups in total. The minimum Gasteiger partial charge on any atom is -0.158 e. The first-order chi connectivity index (χ1) is 3.10. The number of hydrogen-bond donors (Lipinski definition) is 0. The fourth-order valence-electron chi connectivity index (χ4n) is 0.784. The van der Waals surface area contributed by atoms with Gasteiger partial charge in [-0.25, -0.2) is 0 Å². The van der Waals surface area contributed by atoms with Gasteiger partial charge in [0.1, 0.15) is 0 Å². The Morgan fingerprint density at radius 1 is 1.43 bits per heavy atom. The molecule has 44 valence electrons. The summed E-state index contributed by atoms with van der Waals surface area (Å²) in [6.07, 6.45) is 0. The number of rotatable bonds is 0. The summed E-state index contributed by atoms with van der Waals surface area (Å²) in [4.78, 5) is 0. The van der Waals surface area contributed by atoms with E-state index in [1.54, 1.807) is 0 Å². The van der Waals surface area contributed by atoms with Crippen molar-refractivity contribution in [2.75, 3.05) is 11.5 Å². The van der Waals surface area contributed by atoms with Crippen LogP contribution in [-0.2, 0) is 0 Å². The summed E-state index contributed by atoms with van der Waals surface area (Å²) in [5.41, 5.74) is 0. The first kappa shape index (κ1) is 5.35. The number of halogens is 2. The minimum atomic E-state index is -3.03. The lowest BCUT2D eigenvalue weighted by Gasteiger charge is -2.35. The van der Waals surface area contributed by atoms with Gasteiger partial charge in [-0.1, -0.05) is 6.92 Å². The molecular weight excluding hydrogens is 118 g/mol. The van der Waals surface area contributed by atoms with Gasteiger partial charge >= 0.3 is 0 Å². The molecule has 0 aromatic carbocycles. The molecule has 0 aromatic heterocycles. The first-order valence-electron chi connectivity index (χ1n) is 2.28. The molecule has 1 aliphatic heterocycles. The van der Waals surface area contributed by atoms with Crippen molar-refractivity contribution >= 4 is 10.8 Å². The second kappa shape index (κ2) is 1.34. The van der Waals surface area contributed by atoms with Crippen LogP contribution in [0.5, 0.6) is 0 Å². The van der Waals surface area contributed by atoms with Crippen LogP contribution >= 0.6 is 10.8 Å². The third kappa shape index (κ3) is 1.06. The second-order valence-corrected chi connectivity index (χ2v) is 4.20. The fourth-order valence-corrected chi connectivity index (χ4v) is 2.35. The number of hydrogen-bond acceptors (Lipinski definition) is 0. The van der Waals surface area contributed by atoms with Gasteiger partial charge in [-0.05, 0) is 5.92 Å². The molecule has 1 fully saturated rings. The summed E-state index contributed by atoms with van der Waals surface area (Å²) in [6, 6.07) is 0. The van der Waals surface area contributed by atoms with Crippen LogP contribution in [0.25, 0.3) is 0 Å². The van der Waals surface area contributed by atoms with E-state index in [2.05, 4.69) is 0 Å². The van der Waals surface area contributed by atoms with Gasteiger partial charge in [0.05, 0.1) is 10.8 Å². The van der Waals surface area contributed by atoms with Crippen molar-refractivity contribution < 1.29 is 7.77 Å². The van der Waals surface area contributed by atoms with E-state index in [9.17, 15) is 7.77 Å². The summed E-state index contributed by atoms with van der Waals surface area (Å²) in [5, 5.41) is 0. The van der Waals surface area contributed by atoms with Crippen LogP contribution < -0.4 is 0 Å². The quantitative estimate of drug-likeness (QED) is 0.467. The highest BCUT2D eigenvalue weighted by Crippen LogP contribution is 2.61. The van der Waals surface area contributed by atoms with E-state index in [1.807, 2.05) is 6.92 Å². The van der Waals surface area contributed by atoms with E-state index >= 15 is 0 Å². The maximum Gasteiger partial charge on any atom is 0.0579 e. The fraction of sp³-hybridized carbons (Fsp3) is 1.00. The predicted molar refractivity (Wildman–Crippen MR) is 28.7 cm³/mol. The maximum absolute atomic E-state index is 11.9. The van der Waals surface area contributed by atoms with Crippen LogP contribution in [0.1, 0.15) is 6.92 Å². The highest BCUT2D eigenvalue weighted by Gasteiger charge is 2.37. The highest BCUT2D eigenvalue weighted by molar-refractivity contribution is 8.26. The Morgan fingerprint density at radius 3 is 1.86 bits per heavy atom. The van der Waals surface area contributed by atoms with Gasteiger partial charge in [-0.15, -0.1) is 0 Å². The molecule has 1 heterocycles. The van der Waals surface area contributed by atoms with E-state index in [-0.39, 0.29) is 11.5 Å². The Balaban J connectivity index is 2.29. The van der Waals surface area contributed by atoms with Crippen molar-refractivity contribution in [1.82, 2.24) is 0 Å². The molecule has 0 nitrogen and oxygen atoms in total. The van der Waals surface area contributed by atoms with E-state index in [0.29, 0.717) is 5.92 Å². The molecule has 0 aromatic rings. The lowest BCUT2D eigenvalue weighted by molar-refractivity contribution is 0.595. The van der Waals surface area contributed by atoms with Gasteiger partial charge in [0.2, 0.25) is 0 Å². The standard InChI is InChI=1S/C4H8F2S/c1-4-2-7(5,6)3-4/h4H,2-3H2,1H3. The van der Waals surface area contributed by atoms with Crippen LogP contribution in [0.4, 0.5) is 7.77 Å². The normalized spacial score (nSPS) is 34.1. The summed E-state index contributed by atoms with van der Waals surface area (Å²) in [6.45, 7) is 1.87. The van der Waals surface area contributed by atoms with Crippen molar-refractivity contribution in [2.24, 2.45) is 5.92 Å². The summed E-state index contributed by atoms with van der Waals surface area (Å²) < 4.78 is 23.7. The van der Waals surface area contributed by atoms with E-state index in [1.165, 1.54) is 0 Å². The third-order valence-electron chi connectivity index (χ3n) is 1.06. The first-order valence-corrected chi connectivity index (χ1v) is 4.05. The zero-order valence-electron chi connectivity index (χ0n) is 4.16. The molecule has 0 bridgehead atoms. The Hall–Kier alpha value is 0.210. The molecule has 1 saturated heterocycles. The molecule has 1 aliphatic rings. The second-order valence-electron chi connectivity index (χ2n) is 2.14. The summed E-state index contributed by atoms with van der Waals surface area (Å²) in [7, 11) is -3.03. The average Bonchev–Trinajstić information content (AvgIpc) is 1.27. The molecule has 0 spiro atoms. The molecular formula is C4H8F2S. The SMILES string of the molecule is CC1CS(F)(F)C1. The summed E-state index contributed by atoms with van der Waals surface area (Å²) in [5.74, 6) is 0.671. The van der Waals surface area contributed by atoms with E-state index in [4.69, 9.17) is 0 Å². The van der Waals surface area contributed by atoms with Gasteiger partial charge in [-0.2, -0.15) is 7.77 Å². The lowest BCUT2D eigenvalue weighted by Crippen LogP contribution is -2.24. The monoisotopic (exact) mass is 126 g/mol. The topological polar surface area (TPSA) is 0 Å². The van der Waals surface area contributed by atoms with E-state index < -0.39 is 10.8 Å². The zero-order chi connectivity index (χ0) is 5.49. The molecule has 0 amide bonds. The van der Waals surface area contributed by atoms with Crippen LogP contribution in [0.15, 0.2) is 0 Å². The van der Waals surface area contributed by atoms with Crippen molar-refractivity contribution in [1.29, 1.82) is 0 Å². The Morgan fingerprint density at radius 2 is 1.86 bits per heavy atom. The third-order valence-corrected chi connectivity index (χ3v) is 3.17. The maximum atomic E-state index is 11.9. The van der Waals surface area contributed by atoms with Gasteiger partial charge in [0, 0.05) is 11.5 Å². The predicted octanol–water partition coefficient (Wildman–Crippen LogP) is 2.21. The molecule has 0 unspecified atom stereocenters. The van der Waals surface area contributed by atoms with Crippen molar-refractivity contribution in [3.05, 3.63) is 0 Å². The molecule has 3 heteroatoms. The summed E-state index contributed by atoms with van der Waals surface area (Å²) >= 11 is 0. The molecule has 1 rings (SSSR count). The molecule has 0 atom stereocenters. The Bertz CT molecular complexity index is 73.8. The molecule has 0 aliphatic carbocycles. The van der Waals surface area contributed by atoms with Gasteiger partial charge in [0.15, 0.2) is 0 Å². The van der Waals surface area contributed by atoms with Crippen LogP contribution in [-0.4, -0.2) is 11.5 Å². The Kier molecular flexibility index (Phi) is 1.02. The van der Waals surface area contributed by atoms with Gasteiger partial charge < -0.3 is 0 Å². The van der Waals surface area contributed by atoms with Crippen molar-refractivity contribution in [3.63, 3.8) is 0 Å². The van der Waals surface area contributed by atoms with Crippen LogP contribution in [0.3, 0.4) is 0 Å². The average molecular weight is 126 g/mol. The van der Waals surface area contributed by atoms with E-state index in [0.717, 1.165) is 0 Å². The molecule has 0 radical (unpaired) electrons. The van der Waals surface area contributed by atoms with Crippen LogP contribution in [0, 0.1) is 5.92 Å². The molecule has 0 saturated carbocycles. The zero-order valence-corrected chi connectivity index (χ0v) is 4.97. The van der Waals surface area contributed by atoms with Crippen molar-refractivity contribution in [2.45, 2.75) is 6.92 Å². The Labute approximate surface area is 43.8 Å². The minimum absolute atomic E-state index is 0.188. The lowest BCUT2D eigenvalue weighted by atomic mass is 10.2. The van der Waals surface area contributed by atoms with Gasteiger partial charge in [-0.3, -0.25) is 0 Å². The van der Waals surface area contributed by atoms with Crippen molar-refractivity contribution in [3.8, 4) is 0 Å². The largest absolute Gasteiger partial charge is 0.158 e. The highest BCUT2D eigenvalue weighted by atomic mass is 32.3. The molecule has 7 heavy (non-hydrogen) atoms. The van der Waals surface area contributed by atoms with Gasteiger partial charge in [0.25, 0.3) is 0 Å². The smallest absolute Gasteiger partial charge is 0.0579 e.